The van der Waals surface area contributed by atoms with Gasteiger partial charge in [0.1, 0.15) is 9.21 Å². The van der Waals surface area contributed by atoms with Crippen LogP contribution in [-0.4, -0.2) is 41.6 Å². The second-order valence-electron chi connectivity index (χ2n) is 8.75. The van der Waals surface area contributed by atoms with Crippen LogP contribution < -0.4 is 11.1 Å². The van der Waals surface area contributed by atoms with Crippen molar-refractivity contribution >= 4 is 164 Å². The zero-order chi connectivity index (χ0) is 35.9. The molecule has 0 atom stereocenters. The number of halogens is 7. The molecule has 5 aromatic rings. The van der Waals surface area contributed by atoms with E-state index in [4.69, 9.17) is 5.73 Å². The Balaban J connectivity index is 0.000000237. The molecule has 0 radical (unpaired) electrons. The van der Waals surface area contributed by atoms with Crippen molar-refractivity contribution in [2.75, 3.05) is 5.73 Å². The van der Waals surface area contributed by atoms with Gasteiger partial charge in [-0.15, -0.1) is 0 Å². The molecule has 15 nitrogen and oxygen atoms in total. The fourth-order valence-electron chi connectivity index (χ4n) is 3.88. The summed E-state index contributed by atoms with van der Waals surface area (Å²) < 4.78 is 9.89. The predicted octanol–water partition coefficient (Wildman–Crippen LogP) is 9.48. The number of nitrogens with zero attached hydrogens (tertiary/aromatic N) is 6. The van der Waals surface area contributed by atoms with Crippen LogP contribution in [0.25, 0.3) is 21.8 Å². The topological polar surface area (TPSA) is 227 Å². The number of nitro benzene ring substituents is 2. The van der Waals surface area contributed by atoms with Gasteiger partial charge >= 0.3 is 0 Å². The molecule has 1 aliphatic heterocycles. The monoisotopic (exact) mass is 1180 g/mol. The van der Waals surface area contributed by atoms with Crippen molar-refractivity contribution in [1.82, 2.24) is 25.3 Å². The van der Waals surface area contributed by atoms with Crippen molar-refractivity contribution in [3.05, 3.63) is 105 Å². The first-order valence-corrected chi connectivity index (χ1v) is 23.2. The Kier molecular flexibility index (Phi) is 16.9. The molecule has 6 rings (SSSR count). The maximum absolute atomic E-state index is 11.3. The average Bonchev–Trinajstić information content (AvgIpc) is 2.97. The number of nitrogen functional groups attached to an aromatic ring is 1. The number of anilines is 1. The molecule has 3 N–H and O–H groups in total. The summed E-state index contributed by atoms with van der Waals surface area (Å²) in [5.74, 6) is -1.09. The number of nitrogens with two attached hydrogens (primary N) is 1. The van der Waals surface area contributed by atoms with Crippen LogP contribution in [-0.2, 0) is 32.8 Å². The van der Waals surface area contributed by atoms with E-state index in [1.807, 2.05) is 18.2 Å². The molecule has 3 aromatic carbocycles. The maximum atomic E-state index is 11.3. The van der Waals surface area contributed by atoms with Gasteiger partial charge in [0.2, 0.25) is 5.91 Å². The van der Waals surface area contributed by atoms with Crippen molar-refractivity contribution < 1.29 is 41.1 Å². The Labute approximate surface area is 343 Å². The van der Waals surface area contributed by atoms with E-state index in [1.165, 1.54) is 24.3 Å². The van der Waals surface area contributed by atoms with Crippen molar-refractivity contribution in [3.63, 3.8) is 0 Å². The van der Waals surface area contributed by atoms with Crippen LogP contribution in [0.5, 0.6) is 0 Å². The Morgan fingerprint density at radius 2 is 1.18 bits per heavy atom. The molecule has 0 saturated carbocycles. The van der Waals surface area contributed by atoms with Gasteiger partial charge in [-0.25, -0.2) is 19.9 Å². The van der Waals surface area contributed by atoms with Crippen LogP contribution in [0.2, 0.25) is 0 Å². The molecule has 0 fully saturated rings. The van der Waals surface area contributed by atoms with Crippen LogP contribution in [0.1, 0.15) is 15.9 Å². The molecule has 258 valence electrons. The number of para-hydroxylation sites is 2. The van der Waals surface area contributed by atoms with Gasteiger partial charge in [0.25, 0.3) is 20.5 Å². The smallest absolute Gasteiger partial charge is 0.295 e. The summed E-state index contributed by atoms with van der Waals surface area (Å²) in [6.45, 7) is 0. The number of hydrogen-bond donors (Lipinski definition) is 2. The van der Waals surface area contributed by atoms with E-state index < -0.39 is 24.9 Å². The largest absolute Gasteiger partial charge is 0.397 e. The predicted molar refractivity (Wildman–Crippen MR) is 205 cm³/mol. The Bertz CT molecular complexity index is 2120. The van der Waals surface area contributed by atoms with Crippen LogP contribution in [0, 0.1) is 20.2 Å². The maximum Gasteiger partial charge on any atom is 0.295 e. The zero-order valence-electron chi connectivity index (χ0n) is 23.5. The van der Waals surface area contributed by atoms with Gasteiger partial charge in [-0.05, 0) is 88.0 Å². The number of nitrogens with one attached hydrogen (secondary N) is 1. The SMILES string of the molecule is Nc1cccc2c(Br)nc(Br)nc12.O=C1Cc2c(cccc2[N+](=O)[O-])C(=O)N1.O=P(Br)(Br)Br.O=[N+]([O-])c1cccc2c(Br)nc(Br)nc12.[Fe]. The molecular weight excluding hydrogens is 1170 g/mol. The van der Waals surface area contributed by atoms with Crippen LogP contribution in [0.15, 0.2) is 73.3 Å². The molecular formula is C25H14Br7FeN8O7P. The molecule has 0 bridgehead atoms. The summed E-state index contributed by atoms with van der Waals surface area (Å²) in [6, 6.07) is 14.5. The van der Waals surface area contributed by atoms with Crippen LogP contribution in [0.3, 0.4) is 0 Å². The number of non-ortho nitro benzene ring substituents is 1. The van der Waals surface area contributed by atoms with Crippen LogP contribution in [0.4, 0.5) is 17.1 Å². The molecule has 0 aliphatic carbocycles. The minimum atomic E-state index is -2.20. The number of nitro groups is 2. The Morgan fingerprint density at radius 1 is 0.735 bits per heavy atom. The standard InChI is InChI=1S/C9H6N2O4.C8H3Br2N3O2.C8H5Br2N3.Br3OP.Fe/c12-8-4-6-5(9(13)10-8)2-1-3-7(6)11(14)15;9-7-4-2-1-3-5(13(14)15)6(4)11-8(10)12-7;9-7-4-2-1-3-5(11)6(4)12-8(10)13-7;1-5(2,3)4;/h1-3H,4H2,(H,10,12,13);1-3H;1-3H,11H2;;. The van der Waals surface area contributed by atoms with Crippen molar-refractivity contribution in [2.45, 2.75) is 6.42 Å². The third-order valence-corrected chi connectivity index (χ3v) is 7.61. The minimum Gasteiger partial charge on any atom is -0.397 e. The molecule has 1 aliphatic rings. The van der Waals surface area contributed by atoms with E-state index in [0.29, 0.717) is 30.7 Å². The number of imide groups is 1. The summed E-state index contributed by atoms with van der Waals surface area (Å²) in [7, 11) is 0. The van der Waals surface area contributed by atoms with Gasteiger partial charge in [0.15, 0.2) is 15.0 Å². The molecule has 0 unspecified atom stereocenters. The number of benzene rings is 3. The number of carbonyl (C=O) groups is 2. The Hall–Kier alpha value is -1.81. The average molecular weight is 1180 g/mol. The summed E-state index contributed by atoms with van der Waals surface area (Å²) in [5.41, 5.74) is 7.67. The quantitative estimate of drug-likeness (QED) is 0.0246. The number of fused-ring (bicyclic) bond motifs is 3. The fourth-order valence-corrected chi connectivity index (χ4v) is 6.04. The van der Waals surface area contributed by atoms with E-state index >= 15 is 0 Å². The van der Waals surface area contributed by atoms with Crippen LogP contribution >= 0.6 is 113 Å². The second kappa shape index (κ2) is 19.1. The van der Waals surface area contributed by atoms with Crippen molar-refractivity contribution in [3.8, 4) is 0 Å². The molecule has 0 saturated heterocycles. The summed E-state index contributed by atoms with van der Waals surface area (Å²) >= 11 is 21.2. The van der Waals surface area contributed by atoms with E-state index in [2.05, 4.69) is 135 Å². The third kappa shape index (κ3) is 12.7. The van der Waals surface area contributed by atoms with Gasteiger partial charge in [0, 0.05) is 86.4 Å². The van der Waals surface area contributed by atoms with E-state index in [0.717, 1.165) is 15.5 Å². The first-order valence-electron chi connectivity index (χ1n) is 12.3. The normalized spacial score (nSPS) is 11.7. The van der Waals surface area contributed by atoms with Gasteiger partial charge in [-0.1, -0.05) is 18.2 Å². The van der Waals surface area contributed by atoms with Gasteiger partial charge in [-0.3, -0.25) is 39.7 Å². The first kappa shape index (κ1) is 43.4. The van der Waals surface area contributed by atoms with E-state index in [-0.39, 0.29) is 46.0 Å². The zero-order valence-corrected chi connectivity index (χ0v) is 36.6. The molecule has 2 amide bonds. The number of aromatic nitrogens is 4. The summed E-state index contributed by atoms with van der Waals surface area (Å²) in [6.07, 6.45) is -0.127. The van der Waals surface area contributed by atoms with Gasteiger partial charge in [-0.2, -0.15) is 0 Å². The molecule has 2 aromatic heterocycles. The van der Waals surface area contributed by atoms with Gasteiger partial charge in [0.05, 0.1) is 38.6 Å². The minimum absolute atomic E-state index is 0. The van der Waals surface area contributed by atoms with E-state index in [9.17, 15) is 34.4 Å². The number of amides is 2. The molecule has 3 heterocycles. The van der Waals surface area contributed by atoms with Crippen molar-refractivity contribution in [2.24, 2.45) is 0 Å². The first-order chi connectivity index (χ1) is 22.4. The van der Waals surface area contributed by atoms with E-state index in [1.54, 1.807) is 12.1 Å². The molecule has 0 spiro atoms. The van der Waals surface area contributed by atoms with Gasteiger partial charge < -0.3 is 5.73 Å². The summed E-state index contributed by atoms with van der Waals surface area (Å²) in [4.78, 5) is 59.0. The number of rotatable bonds is 2. The third-order valence-electron chi connectivity index (χ3n) is 5.70. The van der Waals surface area contributed by atoms with Crippen molar-refractivity contribution in [1.29, 1.82) is 0 Å². The summed E-state index contributed by atoms with van der Waals surface area (Å²) in [5, 5.41) is 25.0. The Morgan fingerprint density at radius 3 is 1.71 bits per heavy atom. The second-order valence-corrected chi connectivity index (χ2v) is 30.0. The number of hydrogen-bond acceptors (Lipinski definition) is 12. The number of carbonyl (C=O) groups excluding carboxylic acids is 2. The molecule has 49 heavy (non-hydrogen) atoms. The molecule has 24 heteroatoms. The fraction of sp³-hybridized carbons (Fsp3) is 0.0400.